The van der Waals surface area contributed by atoms with Gasteiger partial charge in [0.2, 0.25) is 5.91 Å². The molecule has 2 aliphatic rings. The van der Waals surface area contributed by atoms with Crippen molar-refractivity contribution in [1.29, 1.82) is 0 Å². The largest absolute Gasteiger partial charge is 0.481 e. The van der Waals surface area contributed by atoms with Crippen LogP contribution in [0.4, 0.5) is 4.79 Å². The third kappa shape index (κ3) is 2.72. The molecule has 2 rings (SSSR count). The molecule has 0 atom stereocenters. The molecule has 0 unspecified atom stereocenters. The van der Waals surface area contributed by atoms with Crippen molar-refractivity contribution in [2.75, 3.05) is 26.2 Å². The monoisotopic (exact) mass is 255 g/mol. The van der Waals surface area contributed by atoms with Crippen molar-refractivity contribution in [2.24, 2.45) is 5.41 Å². The van der Waals surface area contributed by atoms with Crippen molar-refractivity contribution >= 4 is 17.9 Å². The Labute approximate surface area is 105 Å². The summed E-state index contributed by atoms with van der Waals surface area (Å²) in [7, 11) is 0. The summed E-state index contributed by atoms with van der Waals surface area (Å²) in [6.45, 7) is 1.25. The molecule has 1 saturated heterocycles. The van der Waals surface area contributed by atoms with E-state index < -0.39 is 11.4 Å². The fourth-order valence-corrected chi connectivity index (χ4v) is 1.95. The fourth-order valence-electron chi connectivity index (χ4n) is 1.95. The summed E-state index contributed by atoms with van der Waals surface area (Å²) in [5, 5.41) is 14.3. The van der Waals surface area contributed by atoms with Gasteiger partial charge in [-0.2, -0.15) is 0 Å². The molecule has 7 nitrogen and oxygen atoms in total. The van der Waals surface area contributed by atoms with E-state index in [1.54, 1.807) is 0 Å². The standard InChI is InChI=1S/C11H17N3O4/c15-8-6-14(5-1-4-12-8)10(18)13-7-11(2-3-11)9(16)17/h1-7H2,(H,12,15)(H,13,18)(H,16,17). The Hall–Kier alpha value is -1.79. The van der Waals surface area contributed by atoms with Gasteiger partial charge in [-0.05, 0) is 19.3 Å². The highest BCUT2D eigenvalue weighted by molar-refractivity contribution is 5.85. The third-order valence-corrected chi connectivity index (χ3v) is 3.43. The van der Waals surface area contributed by atoms with Crippen molar-refractivity contribution in [3.63, 3.8) is 0 Å². The molecule has 100 valence electrons. The van der Waals surface area contributed by atoms with Gasteiger partial charge in [-0.25, -0.2) is 4.79 Å². The molecule has 0 aromatic rings. The first-order chi connectivity index (χ1) is 8.53. The van der Waals surface area contributed by atoms with Crippen molar-refractivity contribution in [3.05, 3.63) is 0 Å². The van der Waals surface area contributed by atoms with Gasteiger partial charge in [-0.3, -0.25) is 9.59 Å². The molecule has 1 heterocycles. The lowest BCUT2D eigenvalue weighted by molar-refractivity contribution is -0.143. The van der Waals surface area contributed by atoms with Crippen LogP contribution < -0.4 is 10.6 Å². The van der Waals surface area contributed by atoms with Gasteiger partial charge < -0.3 is 20.6 Å². The summed E-state index contributed by atoms with van der Waals surface area (Å²) in [5.41, 5.74) is -0.774. The smallest absolute Gasteiger partial charge is 0.317 e. The molecule has 1 saturated carbocycles. The number of carbonyl (C=O) groups excluding carboxylic acids is 2. The van der Waals surface area contributed by atoms with Gasteiger partial charge >= 0.3 is 12.0 Å². The summed E-state index contributed by atoms with van der Waals surface area (Å²) >= 11 is 0. The summed E-state index contributed by atoms with van der Waals surface area (Å²) in [6.07, 6.45) is 1.91. The van der Waals surface area contributed by atoms with Crippen LogP contribution in [0.3, 0.4) is 0 Å². The Morgan fingerprint density at radius 1 is 1.44 bits per heavy atom. The number of rotatable bonds is 3. The minimum atomic E-state index is -0.864. The van der Waals surface area contributed by atoms with E-state index in [0.29, 0.717) is 32.4 Å². The number of hydrogen-bond acceptors (Lipinski definition) is 3. The lowest BCUT2D eigenvalue weighted by Gasteiger charge is -2.21. The van der Waals surface area contributed by atoms with Crippen molar-refractivity contribution in [2.45, 2.75) is 19.3 Å². The zero-order valence-electron chi connectivity index (χ0n) is 10.1. The number of nitrogens with one attached hydrogen (secondary N) is 2. The molecule has 18 heavy (non-hydrogen) atoms. The maximum atomic E-state index is 11.8. The summed E-state index contributed by atoms with van der Waals surface area (Å²) in [4.78, 5) is 35.5. The van der Waals surface area contributed by atoms with Crippen molar-refractivity contribution in [3.8, 4) is 0 Å². The first kappa shape index (κ1) is 12.7. The number of urea groups is 1. The van der Waals surface area contributed by atoms with Crippen LogP contribution in [0.2, 0.25) is 0 Å². The van der Waals surface area contributed by atoms with Crippen LogP contribution in [0.1, 0.15) is 19.3 Å². The highest BCUT2D eigenvalue weighted by Gasteiger charge is 2.50. The first-order valence-corrected chi connectivity index (χ1v) is 6.06. The summed E-state index contributed by atoms with van der Waals surface area (Å²) < 4.78 is 0. The quantitative estimate of drug-likeness (QED) is 0.626. The van der Waals surface area contributed by atoms with Gasteiger partial charge in [-0.1, -0.05) is 0 Å². The molecule has 1 aliphatic carbocycles. The number of carboxylic acid groups (broad SMARTS) is 1. The zero-order valence-corrected chi connectivity index (χ0v) is 10.1. The molecule has 3 N–H and O–H groups in total. The summed E-state index contributed by atoms with van der Waals surface area (Å²) in [5.74, 6) is -1.04. The van der Waals surface area contributed by atoms with Gasteiger partial charge in [0.05, 0.1) is 5.41 Å². The van der Waals surface area contributed by atoms with Gasteiger partial charge in [0.1, 0.15) is 6.54 Å². The molecular weight excluding hydrogens is 238 g/mol. The molecule has 0 bridgehead atoms. The van der Waals surface area contributed by atoms with E-state index in [1.165, 1.54) is 4.90 Å². The number of carbonyl (C=O) groups is 3. The topological polar surface area (TPSA) is 98.7 Å². The highest BCUT2D eigenvalue weighted by atomic mass is 16.4. The van der Waals surface area contributed by atoms with Crippen LogP contribution in [0.5, 0.6) is 0 Å². The molecule has 3 amide bonds. The Kier molecular flexibility index (Phi) is 3.40. The predicted octanol–water partition coefficient (Wildman–Crippen LogP) is -0.617. The second kappa shape index (κ2) is 4.83. The molecule has 0 spiro atoms. The number of hydrogen-bond donors (Lipinski definition) is 3. The Bertz CT molecular complexity index is 378. The number of aliphatic carboxylic acids is 1. The van der Waals surface area contributed by atoms with Crippen molar-refractivity contribution in [1.82, 2.24) is 15.5 Å². The first-order valence-electron chi connectivity index (χ1n) is 6.06. The van der Waals surface area contributed by atoms with Crippen LogP contribution in [-0.2, 0) is 9.59 Å². The van der Waals surface area contributed by atoms with Gasteiger partial charge in [-0.15, -0.1) is 0 Å². The van der Waals surface area contributed by atoms with Crippen LogP contribution in [-0.4, -0.2) is 54.1 Å². The van der Waals surface area contributed by atoms with Gasteiger partial charge in [0.25, 0.3) is 0 Å². The Morgan fingerprint density at radius 3 is 2.78 bits per heavy atom. The Balaban J connectivity index is 1.84. The molecule has 1 aliphatic heterocycles. The van der Waals surface area contributed by atoms with E-state index in [4.69, 9.17) is 5.11 Å². The van der Waals surface area contributed by atoms with Crippen LogP contribution in [0.15, 0.2) is 0 Å². The van der Waals surface area contributed by atoms with E-state index in [-0.39, 0.29) is 25.0 Å². The Morgan fingerprint density at radius 2 is 2.17 bits per heavy atom. The highest BCUT2D eigenvalue weighted by Crippen LogP contribution is 2.45. The third-order valence-electron chi connectivity index (χ3n) is 3.43. The molecule has 0 radical (unpaired) electrons. The van der Waals surface area contributed by atoms with Crippen LogP contribution in [0.25, 0.3) is 0 Å². The van der Waals surface area contributed by atoms with E-state index >= 15 is 0 Å². The zero-order chi connectivity index (χ0) is 13.2. The minimum Gasteiger partial charge on any atom is -0.481 e. The van der Waals surface area contributed by atoms with Crippen molar-refractivity contribution < 1.29 is 19.5 Å². The fraction of sp³-hybridized carbons (Fsp3) is 0.727. The van der Waals surface area contributed by atoms with Gasteiger partial charge in [0, 0.05) is 19.6 Å². The average molecular weight is 255 g/mol. The summed E-state index contributed by atoms with van der Waals surface area (Å²) in [6, 6.07) is -0.362. The minimum absolute atomic E-state index is 0.0336. The number of amides is 3. The number of nitrogens with zero attached hydrogens (tertiary/aromatic N) is 1. The van der Waals surface area contributed by atoms with E-state index in [9.17, 15) is 14.4 Å². The van der Waals surface area contributed by atoms with Crippen LogP contribution >= 0.6 is 0 Å². The van der Waals surface area contributed by atoms with Crippen LogP contribution in [0, 0.1) is 5.41 Å². The van der Waals surface area contributed by atoms with E-state index in [1.807, 2.05) is 0 Å². The van der Waals surface area contributed by atoms with Gasteiger partial charge in [0.15, 0.2) is 0 Å². The molecule has 2 fully saturated rings. The lowest BCUT2D eigenvalue weighted by atomic mass is 10.1. The lowest BCUT2D eigenvalue weighted by Crippen LogP contribution is -2.45. The maximum Gasteiger partial charge on any atom is 0.317 e. The van der Waals surface area contributed by atoms with E-state index in [2.05, 4.69) is 10.6 Å². The number of carboxylic acids is 1. The molecular formula is C11H17N3O4. The maximum absolute atomic E-state index is 11.8. The SMILES string of the molecule is O=C1CN(C(=O)NCC2(C(=O)O)CC2)CCCN1. The average Bonchev–Trinajstić information content (AvgIpc) is 3.11. The molecule has 0 aromatic carbocycles. The second-order valence-corrected chi connectivity index (χ2v) is 4.87. The van der Waals surface area contributed by atoms with E-state index in [0.717, 1.165) is 0 Å². The predicted molar refractivity (Wildman–Crippen MR) is 61.9 cm³/mol. The molecule has 7 heteroatoms. The second-order valence-electron chi connectivity index (χ2n) is 4.87. The normalized spacial score (nSPS) is 21.8. The molecule has 0 aromatic heterocycles.